The summed E-state index contributed by atoms with van der Waals surface area (Å²) in [6, 6.07) is 13.3. The molecule has 0 bridgehead atoms. The van der Waals surface area contributed by atoms with Gasteiger partial charge in [0.05, 0.1) is 39.6 Å². The fraction of sp³-hybridized carbons (Fsp3) is 0.700. The predicted molar refractivity (Wildman–Crippen MR) is 284 cm³/mol. The number of rotatable bonds is 42. The lowest BCUT2D eigenvalue weighted by Crippen LogP contribution is -2.10. The van der Waals surface area contributed by atoms with Crippen LogP contribution in [0.2, 0.25) is 0 Å². The second-order valence-corrected chi connectivity index (χ2v) is 19.0. The van der Waals surface area contributed by atoms with E-state index in [2.05, 4.69) is 77.9 Å². The lowest BCUT2D eigenvalue weighted by molar-refractivity contribution is 0.222. The van der Waals surface area contributed by atoms with Crippen molar-refractivity contribution >= 4 is 32.3 Å². The highest BCUT2D eigenvalue weighted by atomic mass is 16.6. The zero-order chi connectivity index (χ0) is 46.9. The Morgan fingerprint density at radius 2 is 0.530 bits per heavy atom. The SMILES string of the molecule is CCCCCCCOc1ccc2c3ccccc3c3c(OCCCCCCC)c(OCCCCCCC)c(OCCCCCCC)c(OCCCCCCC)c3c2c1OCCCCCCC. The Hall–Kier alpha value is -3.54. The highest BCUT2D eigenvalue weighted by Gasteiger charge is 2.31. The highest BCUT2D eigenvalue weighted by molar-refractivity contribution is 6.31. The molecule has 0 aliphatic rings. The molecule has 0 amide bonds. The van der Waals surface area contributed by atoms with Crippen molar-refractivity contribution in [2.45, 2.75) is 234 Å². The molecule has 0 atom stereocenters. The third kappa shape index (κ3) is 18.2. The van der Waals surface area contributed by atoms with Gasteiger partial charge in [0, 0.05) is 16.2 Å². The minimum Gasteiger partial charge on any atom is -0.490 e. The lowest BCUT2D eigenvalue weighted by Gasteiger charge is -2.26. The van der Waals surface area contributed by atoms with Crippen molar-refractivity contribution in [1.29, 1.82) is 0 Å². The van der Waals surface area contributed by atoms with Gasteiger partial charge < -0.3 is 28.4 Å². The third-order valence-corrected chi connectivity index (χ3v) is 13.2. The molecule has 0 fully saturated rings. The van der Waals surface area contributed by atoms with Gasteiger partial charge >= 0.3 is 0 Å². The number of hydrogen-bond donors (Lipinski definition) is 0. The molecule has 0 spiro atoms. The van der Waals surface area contributed by atoms with Gasteiger partial charge in [-0.15, -0.1) is 0 Å². The van der Waals surface area contributed by atoms with Crippen LogP contribution in [0, 0.1) is 0 Å². The number of unbranched alkanes of at least 4 members (excludes halogenated alkanes) is 24. The summed E-state index contributed by atoms with van der Waals surface area (Å²) >= 11 is 0. The van der Waals surface area contributed by atoms with Gasteiger partial charge in [-0.1, -0.05) is 220 Å². The molecule has 0 heterocycles. The van der Waals surface area contributed by atoms with E-state index < -0.39 is 0 Å². The summed E-state index contributed by atoms with van der Waals surface area (Å²) in [4.78, 5) is 0. The van der Waals surface area contributed by atoms with E-state index in [1.807, 2.05) is 0 Å². The van der Waals surface area contributed by atoms with Crippen molar-refractivity contribution < 1.29 is 28.4 Å². The van der Waals surface area contributed by atoms with E-state index in [9.17, 15) is 0 Å². The molecule has 0 N–H and O–H groups in total. The van der Waals surface area contributed by atoms with Crippen molar-refractivity contribution in [2.75, 3.05) is 39.6 Å². The summed E-state index contributed by atoms with van der Waals surface area (Å²) in [5.41, 5.74) is 0. The topological polar surface area (TPSA) is 55.4 Å². The third-order valence-electron chi connectivity index (χ3n) is 13.2. The van der Waals surface area contributed by atoms with E-state index in [1.54, 1.807) is 0 Å². The Bertz CT molecular complexity index is 1850. The van der Waals surface area contributed by atoms with Crippen LogP contribution in [-0.2, 0) is 0 Å². The normalized spacial score (nSPS) is 11.5. The van der Waals surface area contributed by atoms with Gasteiger partial charge in [-0.25, -0.2) is 0 Å². The Morgan fingerprint density at radius 3 is 0.924 bits per heavy atom. The van der Waals surface area contributed by atoms with Crippen molar-refractivity contribution in [3.8, 4) is 34.5 Å². The van der Waals surface area contributed by atoms with Crippen LogP contribution in [0.5, 0.6) is 34.5 Å². The molecule has 0 saturated heterocycles. The minimum atomic E-state index is 0.588. The van der Waals surface area contributed by atoms with Gasteiger partial charge in [0.25, 0.3) is 0 Å². The predicted octanol–water partition coefficient (Wildman–Crippen LogP) is 19.2. The monoisotopic (exact) mass is 913 g/mol. The first kappa shape index (κ1) is 55.1. The summed E-state index contributed by atoms with van der Waals surface area (Å²) in [5.74, 6) is 4.52. The van der Waals surface area contributed by atoms with Gasteiger partial charge in [0.2, 0.25) is 11.5 Å². The van der Waals surface area contributed by atoms with Crippen molar-refractivity contribution in [3.63, 3.8) is 0 Å². The fourth-order valence-electron chi connectivity index (χ4n) is 9.21. The smallest absolute Gasteiger partial charge is 0.208 e. The van der Waals surface area contributed by atoms with Gasteiger partial charge in [0.1, 0.15) is 0 Å². The van der Waals surface area contributed by atoms with Crippen molar-refractivity contribution in [3.05, 3.63) is 36.4 Å². The quantitative estimate of drug-likeness (QED) is 0.0326. The van der Waals surface area contributed by atoms with E-state index in [4.69, 9.17) is 28.4 Å². The molecule has 0 aliphatic carbocycles. The van der Waals surface area contributed by atoms with E-state index in [0.29, 0.717) is 51.1 Å². The number of hydrogen-bond acceptors (Lipinski definition) is 6. The van der Waals surface area contributed by atoms with Crippen LogP contribution in [0.4, 0.5) is 0 Å². The van der Waals surface area contributed by atoms with E-state index in [-0.39, 0.29) is 0 Å². The number of ether oxygens (including phenoxy) is 6. The van der Waals surface area contributed by atoms with Gasteiger partial charge in [0.15, 0.2) is 23.0 Å². The molecular formula is C60H96O6. The fourth-order valence-corrected chi connectivity index (χ4v) is 9.21. The first-order valence-corrected chi connectivity index (χ1v) is 27.9. The average Bonchev–Trinajstić information content (AvgIpc) is 3.33. The summed E-state index contributed by atoms with van der Waals surface area (Å²) < 4.78 is 42.6. The molecule has 4 rings (SSSR count). The molecule has 0 unspecified atom stereocenters. The van der Waals surface area contributed by atoms with E-state index >= 15 is 0 Å². The molecule has 6 heteroatoms. The number of fused-ring (bicyclic) bond motifs is 6. The molecule has 6 nitrogen and oxygen atoms in total. The Kier molecular flexibility index (Phi) is 29.0. The summed E-state index contributed by atoms with van der Waals surface area (Å²) in [6.07, 6.45) is 34.9. The van der Waals surface area contributed by atoms with E-state index in [0.717, 1.165) is 126 Å². The van der Waals surface area contributed by atoms with Crippen LogP contribution in [-0.4, -0.2) is 39.6 Å². The number of benzene rings is 4. The molecular weight excluding hydrogens is 817 g/mol. The van der Waals surface area contributed by atoms with Crippen LogP contribution < -0.4 is 28.4 Å². The van der Waals surface area contributed by atoms with Gasteiger partial charge in [-0.05, 0) is 66.8 Å². The van der Waals surface area contributed by atoms with Gasteiger partial charge in [-0.3, -0.25) is 0 Å². The maximum atomic E-state index is 7.25. The van der Waals surface area contributed by atoms with Crippen LogP contribution in [0.15, 0.2) is 36.4 Å². The van der Waals surface area contributed by atoms with Crippen molar-refractivity contribution in [2.24, 2.45) is 0 Å². The zero-order valence-corrected chi connectivity index (χ0v) is 43.4. The first-order chi connectivity index (χ1) is 32.7. The molecule has 0 saturated carbocycles. The van der Waals surface area contributed by atoms with Crippen LogP contribution in [0.25, 0.3) is 32.3 Å². The minimum absolute atomic E-state index is 0.588. The van der Waals surface area contributed by atoms with Gasteiger partial charge in [-0.2, -0.15) is 0 Å². The molecule has 0 aliphatic heterocycles. The second-order valence-electron chi connectivity index (χ2n) is 19.0. The highest BCUT2D eigenvalue weighted by Crippen LogP contribution is 2.58. The standard InChI is InChI=1S/C60H96O6/c1-7-13-19-25-33-43-61-52-42-41-51-49-39-31-32-40-50(49)54-55(53(51)56(52)62-44-34-26-20-14-8-2)58(64-46-36-28-22-16-10-4)60(66-48-38-30-24-18-12-6)59(65-47-37-29-23-17-11-5)57(54)63-45-35-27-21-15-9-3/h31-32,39-42H,7-30,33-38,43-48H2,1-6H3. The Labute approximate surface area is 403 Å². The lowest BCUT2D eigenvalue weighted by atomic mass is 9.91. The molecule has 0 radical (unpaired) electrons. The molecule has 0 aromatic heterocycles. The Morgan fingerprint density at radius 1 is 0.242 bits per heavy atom. The van der Waals surface area contributed by atoms with Crippen LogP contribution in [0.1, 0.15) is 234 Å². The molecule has 4 aromatic rings. The second kappa shape index (κ2) is 34.7. The summed E-state index contributed by atoms with van der Waals surface area (Å²) in [5, 5.41) is 6.45. The van der Waals surface area contributed by atoms with E-state index in [1.165, 1.54) is 122 Å². The molecule has 4 aromatic carbocycles. The first-order valence-electron chi connectivity index (χ1n) is 27.9. The Balaban J connectivity index is 2.07. The molecule has 66 heavy (non-hydrogen) atoms. The zero-order valence-electron chi connectivity index (χ0n) is 43.4. The summed E-state index contributed by atoms with van der Waals surface area (Å²) in [6.45, 7) is 17.3. The van der Waals surface area contributed by atoms with Crippen LogP contribution in [0.3, 0.4) is 0 Å². The summed E-state index contributed by atoms with van der Waals surface area (Å²) in [7, 11) is 0. The maximum absolute atomic E-state index is 7.25. The largest absolute Gasteiger partial charge is 0.490 e. The van der Waals surface area contributed by atoms with Crippen LogP contribution >= 0.6 is 0 Å². The average molecular weight is 913 g/mol. The van der Waals surface area contributed by atoms with Crippen molar-refractivity contribution in [1.82, 2.24) is 0 Å². The molecule has 372 valence electrons. The maximum Gasteiger partial charge on any atom is 0.208 e.